The van der Waals surface area contributed by atoms with E-state index >= 15 is 0 Å². The number of carbonyl (C=O) groups excluding carboxylic acids is 1. The largest absolute Gasteiger partial charge is 0.491 e. The van der Waals surface area contributed by atoms with Gasteiger partial charge in [-0.25, -0.2) is 14.4 Å². The van der Waals surface area contributed by atoms with E-state index in [1.807, 2.05) is 0 Å². The molecular weight excluding hydrogens is 343 g/mol. The van der Waals surface area contributed by atoms with E-state index in [9.17, 15) is 19.1 Å². The Morgan fingerprint density at radius 2 is 2.08 bits per heavy atom. The lowest BCUT2D eigenvalue weighted by atomic mass is 10.2. The summed E-state index contributed by atoms with van der Waals surface area (Å²) in [6.45, 7) is -0.163. The third-order valence-electron chi connectivity index (χ3n) is 3.51. The van der Waals surface area contributed by atoms with Crippen molar-refractivity contribution in [2.75, 3.05) is 13.2 Å². The maximum Gasteiger partial charge on any atom is 0.269 e. The van der Waals surface area contributed by atoms with E-state index in [-0.39, 0.29) is 35.6 Å². The summed E-state index contributed by atoms with van der Waals surface area (Å²) in [5.74, 6) is -0.530. The van der Waals surface area contributed by atoms with Gasteiger partial charge in [0.1, 0.15) is 30.0 Å². The van der Waals surface area contributed by atoms with Crippen LogP contribution in [0.25, 0.3) is 10.9 Å². The number of nitrogens with zero attached hydrogens (tertiary/aromatic N) is 2. The smallest absolute Gasteiger partial charge is 0.269 e. The number of ether oxygens (including phenoxy) is 1. The number of aromatic nitrogens is 3. The van der Waals surface area contributed by atoms with E-state index in [2.05, 4.69) is 20.3 Å². The summed E-state index contributed by atoms with van der Waals surface area (Å²) in [6.07, 6.45) is 1.60. The first-order valence-corrected chi connectivity index (χ1v) is 7.71. The number of benzene rings is 1. The maximum atomic E-state index is 12.8. The number of H-pyrrole nitrogens is 1. The molecule has 1 amide bonds. The van der Waals surface area contributed by atoms with Gasteiger partial charge in [0.25, 0.3) is 11.5 Å². The molecule has 3 N–H and O–H groups in total. The zero-order valence-corrected chi connectivity index (χ0v) is 13.5. The first-order valence-electron chi connectivity index (χ1n) is 7.71. The predicted octanol–water partition coefficient (Wildman–Crippen LogP) is 0.627. The van der Waals surface area contributed by atoms with Crippen molar-refractivity contribution in [1.29, 1.82) is 0 Å². The summed E-state index contributed by atoms with van der Waals surface area (Å²) in [5, 5.41) is 12.6. The second-order valence-corrected chi connectivity index (χ2v) is 5.45. The molecule has 3 rings (SSSR count). The third-order valence-corrected chi connectivity index (χ3v) is 3.51. The number of nitrogens with one attached hydrogen (secondary N) is 2. The Bertz CT molecular complexity index is 974. The summed E-state index contributed by atoms with van der Waals surface area (Å²) in [6, 6.07) is 6.69. The molecule has 2 aromatic heterocycles. The molecule has 134 valence electrons. The van der Waals surface area contributed by atoms with E-state index < -0.39 is 12.0 Å². The van der Waals surface area contributed by atoms with E-state index in [0.29, 0.717) is 11.3 Å². The normalized spacial score (nSPS) is 11.9. The molecule has 1 atom stereocenters. The van der Waals surface area contributed by atoms with Gasteiger partial charge in [0.15, 0.2) is 0 Å². The van der Waals surface area contributed by atoms with Crippen LogP contribution in [0.1, 0.15) is 10.5 Å². The van der Waals surface area contributed by atoms with Crippen LogP contribution in [0.2, 0.25) is 0 Å². The minimum Gasteiger partial charge on any atom is -0.491 e. The number of carbonyl (C=O) groups is 1. The minimum atomic E-state index is -0.977. The van der Waals surface area contributed by atoms with Gasteiger partial charge in [-0.05, 0) is 30.3 Å². The average Bonchev–Trinajstić information content (AvgIpc) is 2.65. The van der Waals surface area contributed by atoms with Crippen molar-refractivity contribution in [3.63, 3.8) is 0 Å². The molecular formula is C17H15FN4O4. The maximum absolute atomic E-state index is 12.8. The number of hydrogen-bond acceptors (Lipinski definition) is 6. The summed E-state index contributed by atoms with van der Waals surface area (Å²) in [5.41, 5.74) is 0.0277. The van der Waals surface area contributed by atoms with Gasteiger partial charge in [0, 0.05) is 6.54 Å². The number of fused-ring (bicyclic) bond motifs is 1. The number of aliphatic hydroxyl groups excluding tert-OH is 1. The van der Waals surface area contributed by atoms with Crippen LogP contribution in [0.3, 0.4) is 0 Å². The first-order chi connectivity index (χ1) is 12.5. The summed E-state index contributed by atoms with van der Waals surface area (Å²) >= 11 is 0. The van der Waals surface area contributed by atoms with Crippen molar-refractivity contribution in [1.82, 2.24) is 20.3 Å². The van der Waals surface area contributed by atoms with Gasteiger partial charge in [-0.2, -0.15) is 0 Å². The zero-order valence-electron chi connectivity index (χ0n) is 13.5. The quantitative estimate of drug-likeness (QED) is 0.595. The van der Waals surface area contributed by atoms with Crippen LogP contribution >= 0.6 is 0 Å². The van der Waals surface area contributed by atoms with Gasteiger partial charge in [0.2, 0.25) is 0 Å². The van der Waals surface area contributed by atoms with Gasteiger partial charge < -0.3 is 20.1 Å². The van der Waals surface area contributed by atoms with Crippen molar-refractivity contribution in [2.24, 2.45) is 0 Å². The lowest BCUT2D eigenvalue weighted by Gasteiger charge is -2.13. The predicted molar refractivity (Wildman–Crippen MR) is 90.4 cm³/mol. The van der Waals surface area contributed by atoms with E-state index in [0.717, 1.165) is 0 Å². The van der Waals surface area contributed by atoms with Crippen LogP contribution in [0.5, 0.6) is 5.75 Å². The molecule has 0 aliphatic heterocycles. The fourth-order valence-corrected chi connectivity index (χ4v) is 2.18. The van der Waals surface area contributed by atoms with Gasteiger partial charge in [-0.3, -0.25) is 9.59 Å². The van der Waals surface area contributed by atoms with Crippen molar-refractivity contribution in [3.8, 4) is 5.75 Å². The Kier molecular flexibility index (Phi) is 5.18. The second-order valence-electron chi connectivity index (χ2n) is 5.45. The van der Waals surface area contributed by atoms with Crippen molar-refractivity contribution >= 4 is 16.8 Å². The molecule has 0 fully saturated rings. The molecule has 26 heavy (non-hydrogen) atoms. The Hall–Kier alpha value is -3.33. The molecule has 9 heteroatoms. The van der Waals surface area contributed by atoms with Crippen LogP contribution in [0, 0.1) is 5.82 Å². The fourth-order valence-electron chi connectivity index (χ4n) is 2.18. The number of pyridine rings is 1. The van der Waals surface area contributed by atoms with Crippen LogP contribution in [0.4, 0.5) is 4.39 Å². The van der Waals surface area contributed by atoms with Crippen molar-refractivity contribution < 1.29 is 19.0 Å². The highest BCUT2D eigenvalue weighted by Gasteiger charge is 2.12. The molecule has 0 aliphatic rings. The molecule has 1 aromatic carbocycles. The van der Waals surface area contributed by atoms with Gasteiger partial charge in [-0.15, -0.1) is 0 Å². The standard InChI is InChI=1S/C17H15FN4O4/c18-10-1-3-12(4-2-10)26-8-11(23)6-20-17(25)14-5-13-15(7-19-14)21-9-22-16(13)24/h1-5,7,9,11,23H,6,8H2,(H,20,25)(H,21,22,24). The third kappa shape index (κ3) is 4.19. The Balaban J connectivity index is 1.55. The van der Waals surface area contributed by atoms with Crippen molar-refractivity contribution in [2.45, 2.75) is 6.10 Å². The number of amides is 1. The topological polar surface area (TPSA) is 117 Å². The number of rotatable bonds is 6. The van der Waals surface area contributed by atoms with E-state index in [4.69, 9.17) is 4.74 Å². The average molecular weight is 358 g/mol. The number of aromatic amines is 1. The van der Waals surface area contributed by atoms with Crippen molar-refractivity contribution in [3.05, 3.63) is 64.7 Å². The molecule has 0 aliphatic carbocycles. The van der Waals surface area contributed by atoms with Crippen LogP contribution in [-0.2, 0) is 0 Å². The fraction of sp³-hybridized carbons (Fsp3) is 0.176. The molecule has 0 saturated carbocycles. The molecule has 8 nitrogen and oxygen atoms in total. The highest BCUT2D eigenvalue weighted by atomic mass is 19.1. The summed E-state index contributed by atoms with van der Waals surface area (Å²) in [4.78, 5) is 34.2. The minimum absolute atomic E-state index is 0.0302. The molecule has 0 radical (unpaired) electrons. The molecule has 3 aromatic rings. The molecule has 2 heterocycles. The Morgan fingerprint density at radius 1 is 1.31 bits per heavy atom. The van der Waals surface area contributed by atoms with Crippen LogP contribution < -0.4 is 15.6 Å². The Labute approximate surface area is 146 Å². The SMILES string of the molecule is O=C(NCC(O)COc1ccc(F)cc1)c1cc2c(=O)[nH]cnc2cn1. The first kappa shape index (κ1) is 17.5. The van der Waals surface area contributed by atoms with Gasteiger partial charge in [0.05, 0.1) is 23.4 Å². The van der Waals surface area contributed by atoms with Crippen LogP contribution in [-0.4, -0.2) is 45.2 Å². The molecule has 0 bridgehead atoms. The van der Waals surface area contributed by atoms with Gasteiger partial charge in [-0.1, -0.05) is 0 Å². The van der Waals surface area contributed by atoms with Crippen LogP contribution in [0.15, 0.2) is 47.7 Å². The lowest BCUT2D eigenvalue weighted by molar-refractivity contribution is 0.0840. The summed E-state index contributed by atoms with van der Waals surface area (Å²) < 4.78 is 18.1. The number of aliphatic hydroxyl groups is 1. The molecule has 0 saturated heterocycles. The number of hydrogen-bond donors (Lipinski definition) is 3. The summed E-state index contributed by atoms with van der Waals surface area (Å²) in [7, 11) is 0. The van der Waals surface area contributed by atoms with Gasteiger partial charge >= 0.3 is 0 Å². The van der Waals surface area contributed by atoms with E-state index in [1.165, 1.54) is 42.9 Å². The Morgan fingerprint density at radius 3 is 2.85 bits per heavy atom. The van der Waals surface area contributed by atoms with E-state index in [1.54, 1.807) is 0 Å². The zero-order chi connectivity index (χ0) is 18.5. The highest BCUT2D eigenvalue weighted by molar-refractivity contribution is 5.95. The monoisotopic (exact) mass is 358 g/mol. The highest BCUT2D eigenvalue weighted by Crippen LogP contribution is 2.11. The molecule has 0 spiro atoms. The second kappa shape index (κ2) is 7.70. The lowest BCUT2D eigenvalue weighted by Crippen LogP contribution is -2.35. The number of halogens is 1. The molecule has 1 unspecified atom stereocenters.